The minimum absolute atomic E-state index is 0.00218. The van der Waals surface area contributed by atoms with Gasteiger partial charge in [0, 0.05) is 17.5 Å². The molecule has 1 amide bonds. The van der Waals surface area contributed by atoms with Crippen LogP contribution in [0.3, 0.4) is 0 Å². The van der Waals surface area contributed by atoms with Gasteiger partial charge in [-0.15, -0.1) is 0 Å². The summed E-state index contributed by atoms with van der Waals surface area (Å²) in [4.78, 5) is 23.0. The summed E-state index contributed by atoms with van der Waals surface area (Å²) in [6, 6.07) is 18.4. The van der Waals surface area contributed by atoms with Crippen LogP contribution >= 0.6 is 0 Å². The van der Waals surface area contributed by atoms with Crippen LogP contribution in [0.15, 0.2) is 76.2 Å². The first-order valence-corrected chi connectivity index (χ1v) is 11.6. The molecule has 1 aromatic heterocycles. The van der Waals surface area contributed by atoms with Crippen LogP contribution in [0.1, 0.15) is 35.5 Å². The molecule has 1 N–H and O–H groups in total. The number of furan rings is 1. The van der Waals surface area contributed by atoms with Crippen LogP contribution < -0.4 is 19.6 Å². The predicted octanol–water partition coefficient (Wildman–Crippen LogP) is 5.48. The Labute approximate surface area is 212 Å². The number of carbonyl (C=O) groups excluding carboxylic acids is 1. The molecule has 0 aliphatic carbocycles. The standard InChI is InChI=1S/C27H25N3O7/c1-3-34-22-9-11-23-20(14-22)15-26(37-23)27(31)29-28-16-18-8-10-24(25(13-18)35-4-2)36-17-19-6-5-7-21(12-19)30(32)33/h5-16H,3-4,17H2,1-2H3,(H,29,31)/b28-16+. The Morgan fingerprint density at radius 3 is 2.62 bits per heavy atom. The molecule has 0 spiro atoms. The fourth-order valence-corrected chi connectivity index (χ4v) is 3.52. The Morgan fingerprint density at radius 1 is 1.00 bits per heavy atom. The molecule has 0 radical (unpaired) electrons. The van der Waals surface area contributed by atoms with Crippen molar-refractivity contribution in [2.45, 2.75) is 20.5 Å². The number of nitro benzene ring substituents is 1. The second-order valence-corrected chi connectivity index (χ2v) is 7.80. The van der Waals surface area contributed by atoms with Gasteiger partial charge in [-0.3, -0.25) is 14.9 Å². The number of non-ortho nitro benzene ring substituents is 1. The van der Waals surface area contributed by atoms with Gasteiger partial charge >= 0.3 is 5.91 Å². The van der Waals surface area contributed by atoms with Gasteiger partial charge < -0.3 is 18.6 Å². The van der Waals surface area contributed by atoms with Gasteiger partial charge in [0.1, 0.15) is 17.9 Å². The van der Waals surface area contributed by atoms with Crippen LogP contribution in [0.5, 0.6) is 17.2 Å². The number of nitro groups is 1. The highest BCUT2D eigenvalue weighted by molar-refractivity contribution is 5.96. The number of benzene rings is 3. The van der Waals surface area contributed by atoms with Gasteiger partial charge in [0.05, 0.1) is 24.4 Å². The number of nitrogens with one attached hydrogen (secondary N) is 1. The van der Waals surface area contributed by atoms with Crippen LogP contribution in [-0.4, -0.2) is 30.3 Å². The first-order valence-electron chi connectivity index (χ1n) is 11.6. The highest BCUT2D eigenvalue weighted by atomic mass is 16.6. The first kappa shape index (κ1) is 25.2. The summed E-state index contributed by atoms with van der Waals surface area (Å²) in [6.45, 7) is 4.82. The van der Waals surface area contributed by atoms with Crippen molar-refractivity contribution in [3.63, 3.8) is 0 Å². The van der Waals surface area contributed by atoms with E-state index in [4.69, 9.17) is 18.6 Å². The molecule has 10 nitrogen and oxygen atoms in total. The average Bonchev–Trinajstić information content (AvgIpc) is 3.32. The van der Waals surface area contributed by atoms with Gasteiger partial charge in [0.25, 0.3) is 5.69 Å². The van der Waals surface area contributed by atoms with Crippen molar-refractivity contribution in [2.75, 3.05) is 13.2 Å². The Bertz CT molecular complexity index is 1450. The summed E-state index contributed by atoms with van der Waals surface area (Å²) in [7, 11) is 0. The minimum Gasteiger partial charge on any atom is -0.494 e. The molecule has 0 atom stereocenters. The van der Waals surface area contributed by atoms with Gasteiger partial charge in [-0.25, -0.2) is 5.43 Å². The summed E-state index contributed by atoms with van der Waals surface area (Å²) in [6.07, 6.45) is 1.47. The smallest absolute Gasteiger partial charge is 0.307 e. The van der Waals surface area contributed by atoms with Crippen molar-refractivity contribution in [1.29, 1.82) is 0 Å². The third kappa shape index (κ3) is 6.43. The maximum absolute atomic E-state index is 12.5. The number of rotatable bonds is 11. The number of hydrogen-bond acceptors (Lipinski definition) is 8. The van der Waals surface area contributed by atoms with Crippen LogP contribution in [0, 0.1) is 10.1 Å². The molecule has 4 aromatic rings. The van der Waals surface area contributed by atoms with E-state index in [-0.39, 0.29) is 18.1 Å². The Balaban J connectivity index is 1.41. The highest BCUT2D eigenvalue weighted by Crippen LogP contribution is 2.29. The third-order valence-corrected chi connectivity index (χ3v) is 5.19. The molecule has 0 saturated heterocycles. The topological polar surface area (TPSA) is 125 Å². The van der Waals surface area contributed by atoms with E-state index in [1.165, 1.54) is 18.3 Å². The molecular formula is C27H25N3O7. The zero-order valence-electron chi connectivity index (χ0n) is 20.3. The van der Waals surface area contributed by atoms with Gasteiger partial charge in [-0.1, -0.05) is 12.1 Å². The lowest BCUT2D eigenvalue weighted by Gasteiger charge is -2.12. The van der Waals surface area contributed by atoms with Gasteiger partial charge in [-0.05, 0) is 67.4 Å². The van der Waals surface area contributed by atoms with E-state index >= 15 is 0 Å². The van der Waals surface area contributed by atoms with Crippen LogP contribution in [0.2, 0.25) is 0 Å². The van der Waals surface area contributed by atoms with Gasteiger partial charge in [0.2, 0.25) is 0 Å². The van der Waals surface area contributed by atoms with Crippen molar-refractivity contribution in [2.24, 2.45) is 5.10 Å². The van der Waals surface area contributed by atoms with E-state index in [9.17, 15) is 14.9 Å². The Morgan fingerprint density at radius 2 is 1.84 bits per heavy atom. The Kier molecular flexibility index (Phi) is 7.99. The molecule has 4 rings (SSSR count). The quantitative estimate of drug-likeness (QED) is 0.163. The molecule has 10 heteroatoms. The summed E-state index contributed by atoms with van der Waals surface area (Å²) in [5.74, 6) is 1.28. The van der Waals surface area contributed by atoms with Gasteiger partial charge in [0.15, 0.2) is 17.3 Å². The number of nitrogens with zero attached hydrogens (tertiary/aromatic N) is 2. The normalized spacial score (nSPS) is 11.0. The molecule has 190 valence electrons. The van der Waals surface area contributed by atoms with E-state index in [1.807, 2.05) is 13.8 Å². The summed E-state index contributed by atoms with van der Waals surface area (Å²) < 4.78 is 22.6. The first-order chi connectivity index (χ1) is 18.0. The zero-order valence-corrected chi connectivity index (χ0v) is 20.3. The molecule has 0 bridgehead atoms. The van der Waals surface area contributed by atoms with E-state index in [1.54, 1.807) is 54.6 Å². The van der Waals surface area contributed by atoms with Gasteiger partial charge in [-0.2, -0.15) is 5.10 Å². The largest absolute Gasteiger partial charge is 0.494 e. The van der Waals surface area contributed by atoms with Crippen molar-refractivity contribution in [3.8, 4) is 17.2 Å². The summed E-state index contributed by atoms with van der Waals surface area (Å²) in [5, 5.41) is 15.8. The van der Waals surface area contributed by atoms with Crippen molar-refractivity contribution < 1.29 is 28.3 Å². The lowest BCUT2D eigenvalue weighted by molar-refractivity contribution is -0.384. The number of hydrazone groups is 1. The summed E-state index contributed by atoms with van der Waals surface area (Å²) >= 11 is 0. The van der Waals surface area contributed by atoms with E-state index in [0.29, 0.717) is 47.2 Å². The molecule has 0 aliphatic rings. The Hall–Kier alpha value is -4.86. The zero-order chi connectivity index (χ0) is 26.2. The average molecular weight is 504 g/mol. The molecule has 0 saturated carbocycles. The molecule has 0 aliphatic heterocycles. The lowest BCUT2D eigenvalue weighted by atomic mass is 10.2. The highest BCUT2D eigenvalue weighted by Gasteiger charge is 2.13. The van der Waals surface area contributed by atoms with E-state index in [2.05, 4.69) is 10.5 Å². The van der Waals surface area contributed by atoms with Crippen molar-refractivity contribution in [3.05, 3.63) is 93.7 Å². The number of amides is 1. The maximum Gasteiger partial charge on any atom is 0.307 e. The molecular weight excluding hydrogens is 478 g/mol. The third-order valence-electron chi connectivity index (χ3n) is 5.19. The fourth-order valence-electron chi connectivity index (χ4n) is 3.52. The molecule has 37 heavy (non-hydrogen) atoms. The van der Waals surface area contributed by atoms with Crippen LogP contribution in [0.25, 0.3) is 11.0 Å². The number of carbonyl (C=O) groups is 1. The number of fused-ring (bicyclic) bond motifs is 1. The maximum atomic E-state index is 12.5. The molecule has 1 heterocycles. The molecule has 3 aromatic carbocycles. The SMILES string of the molecule is CCOc1ccc2oc(C(=O)N/N=C/c3ccc(OCc4cccc([N+](=O)[O-])c4)c(OCC)c3)cc2c1. The van der Waals surface area contributed by atoms with Crippen molar-refractivity contribution in [1.82, 2.24) is 5.43 Å². The second-order valence-electron chi connectivity index (χ2n) is 7.80. The van der Waals surface area contributed by atoms with Crippen molar-refractivity contribution >= 4 is 28.8 Å². The number of ether oxygens (including phenoxy) is 3. The fraction of sp³-hybridized carbons (Fsp3) is 0.185. The summed E-state index contributed by atoms with van der Waals surface area (Å²) in [5.41, 5.74) is 4.34. The van der Waals surface area contributed by atoms with Crippen LogP contribution in [-0.2, 0) is 6.61 Å². The van der Waals surface area contributed by atoms with Crippen LogP contribution in [0.4, 0.5) is 5.69 Å². The minimum atomic E-state index is -0.493. The molecule has 0 fully saturated rings. The molecule has 0 unspecified atom stereocenters. The van der Waals surface area contributed by atoms with E-state index in [0.717, 1.165) is 5.39 Å². The monoisotopic (exact) mass is 503 g/mol. The predicted molar refractivity (Wildman–Crippen MR) is 137 cm³/mol. The second kappa shape index (κ2) is 11.7. The number of hydrogen-bond donors (Lipinski definition) is 1. The lowest BCUT2D eigenvalue weighted by Crippen LogP contribution is -2.16. The van der Waals surface area contributed by atoms with E-state index < -0.39 is 10.8 Å².